The van der Waals surface area contributed by atoms with Gasteiger partial charge < -0.3 is 9.47 Å². The highest BCUT2D eigenvalue weighted by molar-refractivity contribution is 7.17. The van der Waals surface area contributed by atoms with E-state index in [4.69, 9.17) is 16.6 Å². The van der Waals surface area contributed by atoms with Gasteiger partial charge in [-0.25, -0.2) is 9.97 Å². The van der Waals surface area contributed by atoms with Crippen molar-refractivity contribution in [3.05, 3.63) is 45.5 Å². The summed E-state index contributed by atoms with van der Waals surface area (Å²) in [5, 5.41) is 0. The van der Waals surface area contributed by atoms with Crippen molar-refractivity contribution < 1.29 is 4.79 Å². The molecule has 0 radical (unpaired) electrons. The van der Waals surface area contributed by atoms with Gasteiger partial charge in [0.25, 0.3) is 5.91 Å². The molecular weight excluding hydrogens is 368 g/mol. The molecule has 1 amide bonds. The topological polar surface area (TPSA) is 51.0 Å². The molecule has 1 aliphatic heterocycles. The second-order valence-electron chi connectivity index (χ2n) is 7.05. The van der Waals surface area contributed by atoms with Gasteiger partial charge in [0.15, 0.2) is 5.65 Å². The standard InChI is InChI=1S/C19H21ClN4OS/c1-12(2)24-17(22-14-4-3-8-21-18(14)24)10-13-7-9-23(11-13)19(25)15-5-6-16(20)26-15/h3-6,8,12-13H,7,9-11H2,1-2H3. The molecule has 0 bridgehead atoms. The van der Waals surface area contributed by atoms with Crippen LogP contribution in [0.1, 0.15) is 41.8 Å². The third-order valence-electron chi connectivity index (χ3n) is 4.87. The lowest BCUT2D eigenvalue weighted by molar-refractivity contribution is 0.0791. The van der Waals surface area contributed by atoms with Gasteiger partial charge in [0.05, 0.1) is 9.21 Å². The number of halogens is 1. The van der Waals surface area contributed by atoms with Gasteiger partial charge in [-0.05, 0) is 50.5 Å². The molecule has 0 saturated carbocycles. The fourth-order valence-corrected chi connectivity index (χ4v) is 4.70. The van der Waals surface area contributed by atoms with Crippen LogP contribution in [-0.2, 0) is 6.42 Å². The number of hydrogen-bond acceptors (Lipinski definition) is 4. The van der Waals surface area contributed by atoms with Gasteiger partial charge in [0, 0.05) is 31.7 Å². The maximum absolute atomic E-state index is 12.6. The van der Waals surface area contributed by atoms with Crippen molar-refractivity contribution in [2.24, 2.45) is 5.92 Å². The first-order valence-corrected chi connectivity index (χ1v) is 10.1. The van der Waals surface area contributed by atoms with Crippen LogP contribution in [0.5, 0.6) is 0 Å². The van der Waals surface area contributed by atoms with E-state index in [1.165, 1.54) is 11.3 Å². The van der Waals surface area contributed by atoms with Crippen molar-refractivity contribution >= 4 is 40.0 Å². The number of rotatable bonds is 4. The predicted octanol–water partition coefficient (Wildman–Crippen LogP) is 4.43. The summed E-state index contributed by atoms with van der Waals surface area (Å²) < 4.78 is 2.88. The Morgan fingerprint density at radius 2 is 2.23 bits per heavy atom. The second-order valence-corrected chi connectivity index (χ2v) is 8.77. The first-order valence-electron chi connectivity index (χ1n) is 8.89. The van der Waals surface area contributed by atoms with E-state index in [1.54, 1.807) is 6.07 Å². The number of nitrogens with zero attached hydrogens (tertiary/aromatic N) is 4. The largest absolute Gasteiger partial charge is 0.338 e. The Morgan fingerprint density at radius 3 is 2.96 bits per heavy atom. The Morgan fingerprint density at radius 1 is 1.38 bits per heavy atom. The zero-order chi connectivity index (χ0) is 18.3. The SMILES string of the molecule is CC(C)n1c(CC2CCN(C(=O)c3ccc(Cl)s3)C2)nc2cccnc21. The highest BCUT2D eigenvalue weighted by atomic mass is 35.5. The average molecular weight is 389 g/mol. The Bertz CT molecular complexity index is 948. The fraction of sp³-hybridized carbons (Fsp3) is 0.421. The van der Waals surface area contributed by atoms with Crippen LogP contribution in [0.4, 0.5) is 0 Å². The van der Waals surface area contributed by atoms with Gasteiger partial charge in [-0.15, -0.1) is 11.3 Å². The Balaban J connectivity index is 1.51. The van der Waals surface area contributed by atoms with Gasteiger partial charge in [-0.3, -0.25) is 4.79 Å². The van der Waals surface area contributed by atoms with Crippen LogP contribution in [0.25, 0.3) is 11.2 Å². The van der Waals surface area contributed by atoms with Crippen LogP contribution >= 0.6 is 22.9 Å². The Labute approximate surface area is 161 Å². The quantitative estimate of drug-likeness (QED) is 0.664. The summed E-state index contributed by atoms with van der Waals surface area (Å²) in [5.41, 5.74) is 1.88. The molecule has 26 heavy (non-hydrogen) atoms. The number of thiophene rings is 1. The fourth-order valence-electron chi connectivity index (χ4n) is 3.69. The monoisotopic (exact) mass is 388 g/mol. The molecule has 1 fully saturated rings. The smallest absolute Gasteiger partial charge is 0.263 e. The highest BCUT2D eigenvalue weighted by Gasteiger charge is 2.29. The molecule has 136 valence electrons. The van der Waals surface area contributed by atoms with E-state index in [1.807, 2.05) is 29.3 Å². The minimum Gasteiger partial charge on any atom is -0.338 e. The van der Waals surface area contributed by atoms with E-state index in [9.17, 15) is 4.79 Å². The number of aromatic nitrogens is 3. The Kier molecular flexibility index (Phi) is 4.71. The Hall–Kier alpha value is -1.92. The summed E-state index contributed by atoms with van der Waals surface area (Å²) in [6.45, 7) is 5.87. The number of fused-ring (bicyclic) bond motifs is 1. The van der Waals surface area contributed by atoms with E-state index < -0.39 is 0 Å². The molecule has 0 aliphatic carbocycles. The molecule has 1 unspecified atom stereocenters. The molecule has 3 aromatic rings. The third-order valence-corrected chi connectivity index (χ3v) is 6.09. The molecule has 5 nitrogen and oxygen atoms in total. The van der Waals surface area contributed by atoms with E-state index in [0.717, 1.165) is 42.9 Å². The van der Waals surface area contributed by atoms with E-state index >= 15 is 0 Å². The number of pyridine rings is 1. The summed E-state index contributed by atoms with van der Waals surface area (Å²) >= 11 is 7.31. The maximum atomic E-state index is 12.6. The first-order chi connectivity index (χ1) is 12.5. The van der Waals surface area contributed by atoms with Crippen LogP contribution < -0.4 is 0 Å². The normalized spacial score (nSPS) is 17.5. The van der Waals surface area contributed by atoms with Crippen LogP contribution in [0, 0.1) is 5.92 Å². The first kappa shape index (κ1) is 17.5. The molecule has 4 heterocycles. The van der Waals surface area contributed by atoms with E-state index in [0.29, 0.717) is 21.2 Å². The van der Waals surface area contributed by atoms with Gasteiger partial charge in [0.1, 0.15) is 11.3 Å². The summed E-state index contributed by atoms with van der Waals surface area (Å²) in [6, 6.07) is 7.83. The van der Waals surface area contributed by atoms with Crippen LogP contribution in [0.2, 0.25) is 4.34 Å². The van der Waals surface area contributed by atoms with Crippen molar-refractivity contribution in [1.82, 2.24) is 19.4 Å². The molecule has 4 rings (SSSR count). The number of imidazole rings is 1. The van der Waals surface area contributed by atoms with Crippen LogP contribution in [-0.4, -0.2) is 38.4 Å². The van der Waals surface area contributed by atoms with Crippen molar-refractivity contribution in [3.8, 4) is 0 Å². The molecule has 0 spiro atoms. The average Bonchev–Trinajstić information content (AvgIpc) is 3.32. The second kappa shape index (κ2) is 7.00. The molecular formula is C19H21ClN4OS. The number of amides is 1. The number of carbonyl (C=O) groups is 1. The molecule has 0 aromatic carbocycles. The molecule has 3 aromatic heterocycles. The molecule has 1 atom stereocenters. The minimum absolute atomic E-state index is 0.0865. The van der Waals surface area contributed by atoms with E-state index in [2.05, 4.69) is 23.4 Å². The van der Waals surface area contributed by atoms with Gasteiger partial charge in [-0.1, -0.05) is 11.6 Å². The predicted molar refractivity (Wildman–Crippen MR) is 105 cm³/mol. The number of hydrogen-bond donors (Lipinski definition) is 0. The highest BCUT2D eigenvalue weighted by Crippen LogP contribution is 2.28. The van der Waals surface area contributed by atoms with Gasteiger partial charge in [-0.2, -0.15) is 0 Å². The minimum atomic E-state index is 0.0865. The van der Waals surface area contributed by atoms with Crippen LogP contribution in [0.15, 0.2) is 30.5 Å². The van der Waals surface area contributed by atoms with Crippen LogP contribution in [0.3, 0.4) is 0 Å². The summed E-state index contributed by atoms with van der Waals surface area (Å²) in [6.07, 6.45) is 3.68. The third kappa shape index (κ3) is 3.23. The molecule has 1 saturated heterocycles. The maximum Gasteiger partial charge on any atom is 0.263 e. The summed E-state index contributed by atoms with van der Waals surface area (Å²) in [4.78, 5) is 24.6. The zero-order valence-electron chi connectivity index (χ0n) is 14.9. The lowest BCUT2D eigenvalue weighted by Gasteiger charge is -2.17. The summed E-state index contributed by atoms with van der Waals surface area (Å²) in [7, 11) is 0. The number of likely N-dealkylation sites (tertiary alicyclic amines) is 1. The van der Waals surface area contributed by atoms with Crippen molar-refractivity contribution in [1.29, 1.82) is 0 Å². The van der Waals surface area contributed by atoms with Crippen molar-refractivity contribution in [3.63, 3.8) is 0 Å². The lowest BCUT2D eigenvalue weighted by atomic mass is 10.0. The number of carbonyl (C=O) groups excluding carboxylic acids is 1. The summed E-state index contributed by atoms with van der Waals surface area (Å²) in [5.74, 6) is 1.57. The molecule has 1 aliphatic rings. The lowest BCUT2D eigenvalue weighted by Crippen LogP contribution is -2.28. The molecule has 7 heteroatoms. The van der Waals surface area contributed by atoms with Gasteiger partial charge in [0.2, 0.25) is 0 Å². The van der Waals surface area contributed by atoms with Crippen molar-refractivity contribution in [2.45, 2.75) is 32.7 Å². The zero-order valence-corrected chi connectivity index (χ0v) is 16.4. The van der Waals surface area contributed by atoms with E-state index in [-0.39, 0.29) is 5.91 Å². The van der Waals surface area contributed by atoms with Gasteiger partial charge >= 0.3 is 0 Å². The van der Waals surface area contributed by atoms with Crippen molar-refractivity contribution in [2.75, 3.05) is 13.1 Å². The molecule has 0 N–H and O–H groups in total.